The molecular weight excluding hydrogens is 398 g/mol. The fourth-order valence-electron chi connectivity index (χ4n) is 5.48. The quantitative estimate of drug-likeness (QED) is 0.630. The Labute approximate surface area is 181 Å². The van der Waals surface area contributed by atoms with Crippen molar-refractivity contribution in [2.24, 2.45) is 0 Å². The van der Waals surface area contributed by atoms with Gasteiger partial charge in [-0.1, -0.05) is 17.7 Å². The van der Waals surface area contributed by atoms with Gasteiger partial charge in [-0.3, -0.25) is 14.7 Å². The molecule has 3 atom stereocenters. The van der Waals surface area contributed by atoms with Crippen molar-refractivity contribution in [1.29, 1.82) is 0 Å². The third-order valence-electron chi connectivity index (χ3n) is 7.01. The summed E-state index contributed by atoms with van der Waals surface area (Å²) in [5, 5.41) is 11.6. The summed E-state index contributed by atoms with van der Waals surface area (Å²) in [6.07, 6.45) is 5.29. The molecule has 1 fully saturated rings. The normalized spacial score (nSPS) is 21.7. The zero-order valence-electron chi connectivity index (χ0n) is 17.3. The molecule has 0 aliphatic carbocycles. The van der Waals surface area contributed by atoms with Gasteiger partial charge in [0, 0.05) is 64.5 Å². The van der Waals surface area contributed by atoms with Crippen molar-refractivity contribution in [2.75, 3.05) is 7.05 Å². The molecular formula is C24H26ClN3O2. The van der Waals surface area contributed by atoms with E-state index in [2.05, 4.69) is 33.6 Å². The van der Waals surface area contributed by atoms with Crippen LogP contribution in [0.3, 0.4) is 0 Å². The molecule has 0 radical (unpaired) electrons. The highest BCUT2D eigenvalue weighted by atomic mass is 35.5. The molecule has 5 rings (SSSR count). The average Bonchev–Trinajstić information content (AvgIpc) is 3.11. The average molecular weight is 424 g/mol. The Morgan fingerprint density at radius 1 is 1.30 bits per heavy atom. The van der Waals surface area contributed by atoms with Crippen LogP contribution in [0, 0.1) is 6.92 Å². The minimum absolute atomic E-state index is 0.0829. The molecule has 156 valence electrons. The predicted molar refractivity (Wildman–Crippen MR) is 118 cm³/mol. The van der Waals surface area contributed by atoms with E-state index in [1.54, 1.807) is 0 Å². The molecule has 1 aromatic carbocycles. The van der Waals surface area contributed by atoms with E-state index in [0.29, 0.717) is 18.6 Å². The minimum atomic E-state index is -0.784. The minimum Gasteiger partial charge on any atom is -0.481 e. The number of hydrogen-bond acceptors (Lipinski definition) is 3. The van der Waals surface area contributed by atoms with E-state index in [-0.39, 0.29) is 12.3 Å². The van der Waals surface area contributed by atoms with Crippen molar-refractivity contribution in [3.05, 3.63) is 64.1 Å². The van der Waals surface area contributed by atoms with Gasteiger partial charge in [-0.2, -0.15) is 0 Å². The first-order chi connectivity index (χ1) is 14.4. The second-order valence-electron chi connectivity index (χ2n) is 8.78. The fraction of sp³-hybridized carbons (Fsp3) is 0.417. The summed E-state index contributed by atoms with van der Waals surface area (Å²) < 4.78 is 2.37. The Hall–Kier alpha value is -2.37. The second-order valence-corrected chi connectivity index (χ2v) is 9.21. The van der Waals surface area contributed by atoms with E-state index in [4.69, 9.17) is 11.6 Å². The maximum absolute atomic E-state index is 11.7. The molecule has 3 aromatic rings. The molecule has 2 aliphatic heterocycles. The van der Waals surface area contributed by atoms with Crippen LogP contribution in [0.15, 0.2) is 36.5 Å². The van der Waals surface area contributed by atoms with Gasteiger partial charge in [0.15, 0.2) is 0 Å². The number of pyridine rings is 1. The smallest absolute Gasteiger partial charge is 0.304 e. The lowest BCUT2D eigenvalue weighted by Gasteiger charge is -2.33. The number of halogens is 1. The van der Waals surface area contributed by atoms with E-state index in [1.165, 1.54) is 29.5 Å². The maximum atomic E-state index is 11.7. The molecule has 1 saturated heterocycles. The van der Waals surface area contributed by atoms with Crippen LogP contribution in [0.4, 0.5) is 0 Å². The van der Waals surface area contributed by atoms with Gasteiger partial charge in [0.1, 0.15) is 0 Å². The SMILES string of the molecule is Cc1ccc(C(CC(=O)O)Cn2c3c(c4cc(Cl)ccc42)C2CCC(C3)N2C)cn1. The molecule has 3 unspecified atom stereocenters. The number of fused-ring (bicyclic) bond motifs is 6. The number of aromatic nitrogens is 2. The van der Waals surface area contributed by atoms with E-state index in [0.717, 1.165) is 28.2 Å². The van der Waals surface area contributed by atoms with Crippen molar-refractivity contribution in [3.8, 4) is 0 Å². The number of aliphatic carboxylic acids is 1. The molecule has 0 spiro atoms. The summed E-state index contributed by atoms with van der Waals surface area (Å²) in [5.41, 5.74) is 5.81. The summed E-state index contributed by atoms with van der Waals surface area (Å²) in [6, 6.07) is 11.1. The van der Waals surface area contributed by atoms with Crippen LogP contribution in [0.2, 0.25) is 5.02 Å². The summed E-state index contributed by atoms with van der Waals surface area (Å²) in [5.74, 6) is -0.919. The molecule has 2 aliphatic rings. The van der Waals surface area contributed by atoms with Crippen LogP contribution in [-0.4, -0.2) is 38.6 Å². The number of likely N-dealkylation sites (N-methyl/N-ethyl adjacent to an activating group) is 1. The predicted octanol–water partition coefficient (Wildman–Crippen LogP) is 4.95. The maximum Gasteiger partial charge on any atom is 0.304 e. The zero-order chi connectivity index (χ0) is 21.0. The number of rotatable bonds is 5. The van der Waals surface area contributed by atoms with Gasteiger partial charge in [0.25, 0.3) is 0 Å². The first-order valence-corrected chi connectivity index (χ1v) is 11.0. The third-order valence-corrected chi connectivity index (χ3v) is 7.24. The summed E-state index contributed by atoms with van der Waals surface area (Å²) in [4.78, 5) is 18.6. The van der Waals surface area contributed by atoms with Gasteiger partial charge < -0.3 is 9.67 Å². The van der Waals surface area contributed by atoms with Crippen LogP contribution in [0.1, 0.15) is 53.7 Å². The van der Waals surface area contributed by atoms with E-state index in [1.807, 2.05) is 31.3 Å². The van der Waals surface area contributed by atoms with Gasteiger partial charge >= 0.3 is 5.97 Å². The van der Waals surface area contributed by atoms with Crippen LogP contribution >= 0.6 is 11.6 Å². The first kappa shape index (κ1) is 19.6. The lowest BCUT2D eigenvalue weighted by atomic mass is 9.95. The van der Waals surface area contributed by atoms with E-state index >= 15 is 0 Å². The van der Waals surface area contributed by atoms with Crippen LogP contribution in [0.25, 0.3) is 10.9 Å². The number of carbonyl (C=O) groups is 1. The molecule has 5 nitrogen and oxygen atoms in total. The summed E-state index contributed by atoms with van der Waals surface area (Å²) >= 11 is 6.38. The largest absolute Gasteiger partial charge is 0.481 e. The lowest BCUT2D eigenvalue weighted by Crippen LogP contribution is -2.35. The number of benzene rings is 1. The lowest BCUT2D eigenvalue weighted by molar-refractivity contribution is -0.137. The molecule has 2 bridgehead atoms. The van der Waals surface area contributed by atoms with Crippen molar-refractivity contribution in [1.82, 2.24) is 14.5 Å². The number of nitrogens with zero attached hydrogens (tertiary/aromatic N) is 3. The molecule has 1 N–H and O–H groups in total. The number of carboxylic acid groups (broad SMARTS) is 1. The number of aryl methyl sites for hydroxylation is 1. The van der Waals surface area contributed by atoms with Crippen molar-refractivity contribution < 1.29 is 9.90 Å². The van der Waals surface area contributed by atoms with Gasteiger partial charge in [-0.15, -0.1) is 0 Å². The standard InChI is InChI=1S/C24H26ClN3O2/c1-14-3-4-15(12-26-14)16(9-23(29)30)13-28-20-7-5-17(25)10-19(20)24-21-8-6-18(27(21)2)11-22(24)28/h3-5,7,10,12,16,18,21H,6,8-9,11,13H2,1-2H3,(H,29,30). The summed E-state index contributed by atoms with van der Waals surface area (Å²) in [6.45, 7) is 2.58. The van der Waals surface area contributed by atoms with Crippen molar-refractivity contribution in [2.45, 2.75) is 57.2 Å². The fourth-order valence-corrected chi connectivity index (χ4v) is 5.65. The Morgan fingerprint density at radius 2 is 2.13 bits per heavy atom. The molecule has 6 heteroatoms. The van der Waals surface area contributed by atoms with Crippen molar-refractivity contribution in [3.63, 3.8) is 0 Å². The van der Waals surface area contributed by atoms with E-state index < -0.39 is 5.97 Å². The van der Waals surface area contributed by atoms with Crippen LogP contribution in [-0.2, 0) is 17.8 Å². The Balaban J connectivity index is 1.64. The van der Waals surface area contributed by atoms with Crippen LogP contribution in [0.5, 0.6) is 0 Å². The van der Waals surface area contributed by atoms with Crippen molar-refractivity contribution >= 4 is 28.5 Å². The summed E-state index contributed by atoms with van der Waals surface area (Å²) in [7, 11) is 2.23. The second kappa shape index (κ2) is 7.40. The highest BCUT2D eigenvalue weighted by molar-refractivity contribution is 6.31. The molecule has 0 saturated carbocycles. The Kier molecular flexibility index (Phi) is 4.83. The van der Waals surface area contributed by atoms with Crippen LogP contribution < -0.4 is 0 Å². The highest BCUT2D eigenvalue weighted by Gasteiger charge is 2.41. The molecule has 2 aromatic heterocycles. The Morgan fingerprint density at radius 3 is 2.87 bits per heavy atom. The number of carboxylic acids is 1. The van der Waals surface area contributed by atoms with Gasteiger partial charge in [-0.05, 0) is 62.2 Å². The molecule has 0 amide bonds. The van der Waals surface area contributed by atoms with E-state index in [9.17, 15) is 9.90 Å². The Bertz CT molecular complexity index is 1120. The first-order valence-electron chi connectivity index (χ1n) is 10.6. The highest BCUT2D eigenvalue weighted by Crippen LogP contribution is 2.47. The van der Waals surface area contributed by atoms with Gasteiger partial charge in [0.05, 0.1) is 6.42 Å². The number of hydrogen-bond donors (Lipinski definition) is 1. The van der Waals surface area contributed by atoms with Gasteiger partial charge in [0.2, 0.25) is 0 Å². The molecule has 30 heavy (non-hydrogen) atoms. The van der Waals surface area contributed by atoms with Gasteiger partial charge in [-0.25, -0.2) is 0 Å². The molecule has 4 heterocycles. The topological polar surface area (TPSA) is 58.4 Å². The third kappa shape index (κ3) is 3.21. The zero-order valence-corrected chi connectivity index (χ0v) is 18.1. The monoisotopic (exact) mass is 423 g/mol.